The summed E-state index contributed by atoms with van der Waals surface area (Å²) in [6.45, 7) is 5.82. The van der Waals surface area contributed by atoms with Crippen molar-refractivity contribution in [3.8, 4) is 11.3 Å². The Bertz CT molecular complexity index is 1020. The lowest BCUT2D eigenvalue weighted by Crippen LogP contribution is -2.15. The van der Waals surface area contributed by atoms with Crippen LogP contribution in [0.5, 0.6) is 0 Å². The largest absolute Gasteiger partial charge is 0.462 e. The van der Waals surface area contributed by atoms with Crippen molar-refractivity contribution in [2.75, 3.05) is 11.9 Å². The molecule has 0 fully saturated rings. The first-order valence-electron chi connectivity index (χ1n) is 9.30. The summed E-state index contributed by atoms with van der Waals surface area (Å²) in [5.41, 5.74) is 2.20. The predicted octanol–water partition coefficient (Wildman–Crippen LogP) is 6.03. The number of anilines is 1. The molecule has 5 nitrogen and oxygen atoms in total. The highest BCUT2D eigenvalue weighted by Gasteiger charge is 2.22. The van der Waals surface area contributed by atoms with Crippen LogP contribution in [0.2, 0.25) is 5.02 Å². The molecule has 2 aromatic heterocycles. The molecule has 0 unspecified atom stereocenters. The van der Waals surface area contributed by atoms with E-state index in [4.69, 9.17) is 20.8 Å². The van der Waals surface area contributed by atoms with Gasteiger partial charge in [0.15, 0.2) is 0 Å². The third-order valence-electron chi connectivity index (χ3n) is 4.51. The highest BCUT2D eigenvalue weighted by atomic mass is 35.5. The fraction of sp³-hybridized carbons (Fsp3) is 0.273. The summed E-state index contributed by atoms with van der Waals surface area (Å²) in [6.07, 6.45) is 0.698. The number of carbonyl (C=O) groups is 2. The van der Waals surface area contributed by atoms with Gasteiger partial charge in [-0.2, -0.15) is 0 Å². The lowest BCUT2D eigenvalue weighted by Gasteiger charge is -2.07. The molecule has 3 rings (SSSR count). The van der Waals surface area contributed by atoms with Gasteiger partial charge in [-0.1, -0.05) is 11.6 Å². The van der Waals surface area contributed by atoms with Crippen LogP contribution >= 0.6 is 22.9 Å². The topological polar surface area (TPSA) is 68.5 Å². The van der Waals surface area contributed by atoms with Crippen LogP contribution in [0.15, 0.2) is 40.8 Å². The van der Waals surface area contributed by atoms with E-state index in [2.05, 4.69) is 5.32 Å². The summed E-state index contributed by atoms with van der Waals surface area (Å²) in [7, 11) is 0. The Balaban J connectivity index is 1.63. The van der Waals surface area contributed by atoms with Gasteiger partial charge in [0, 0.05) is 28.3 Å². The second kappa shape index (κ2) is 9.29. The van der Waals surface area contributed by atoms with Crippen LogP contribution in [-0.2, 0) is 16.0 Å². The van der Waals surface area contributed by atoms with Crippen LogP contribution in [0.25, 0.3) is 11.3 Å². The Labute approximate surface area is 178 Å². The van der Waals surface area contributed by atoms with Gasteiger partial charge in [-0.15, -0.1) is 11.3 Å². The minimum atomic E-state index is -0.414. The van der Waals surface area contributed by atoms with Crippen molar-refractivity contribution in [1.29, 1.82) is 0 Å². The summed E-state index contributed by atoms with van der Waals surface area (Å²) >= 11 is 7.29. The number of hydrogen-bond donors (Lipinski definition) is 1. The molecule has 2 heterocycles. The van der Waals surface area contributed by atoms with Crippen molar-refractivity contribution < 1.29 is 18.7 Å². The predicted molar refractivity (Wildman–Crippen MR) is 116 cm³/mol. The van der Waals surface area contributed by atoms with Crippen molar-refractivity contribution in [2.24, 2.45) is 0 Å². The van der Waals surface area contributed by atoms with E-state index in [1.54, 1.807) is 19.1 Å². The molecule has 0 saturated carbocycles. The maximum atomic E-state index is 12.4. The SMILES string of the molecule is CCOC(=O)c1c(NC(=O)CCc2ccc(-c3ccc(Cl)cc3)o2)sc(C)c1C. The van der Waals surface area contributed by atoms with Crippen molar-refractivity contribution in [3.05, 3.63) is 63.2 Å². The summed E-state index contributed by atoms with van der Waals surface area (Å²) in [5, 5.41) is 4.05. The van der Waals surface area contributed by atoms with Crippen molar-refractivity contribution in [2.45, 2.75) is 33.6 Å². The first-order valence-corrected chi connectivity index (χ1v) is 10.5. The number of rotatable bonds is 7. The fourth-order valence-corrected chi connectivity index (χ4v) is 4.06. The number of furan rings is 1. The molecule has 3 aromatic rings. The van der Waals surface area contributed by atoms with Gasteiger partial charge in [0.05, 0.1) is 12.2 Å². The van der Waals surface area contributed by atoms with E-state index in [1.165, 1.54) is 11.3 Å². The van der Waals surface area contributed by atoms with Crippen LogP contribution < -0.4 is 5.32 Å². The molecule has 0 aliphatic rings. The average molecular weight is 432 g/mol. The maximum Gasteiger partial charge on any atom is 0.341 e. The summed E-state index contributed by atoms with van der Waals surface area (Å²) in [6, 6.07) is 11.1. The van der Waals surface area contributed by atoms with Crippen LogP contribution in [0.3, 0.4) is 0 Å². The van der Waals surface area contributed by atoms with E-state index < -0.39 is 5.97 Å². The molecule has 1 N–H and O–H groups in total. The van der Waals surface area contributed by atoms with Gasteiger partial charge in [0.25, 0.3) is 0 Å². The Kier molecular flexibility index (Phi) is 6.77. The van der Waals surface area contributed by atoms with E-state index >= 15 is 0 Å². The zero-order valence-electron chi connectivity index (χ0n) is 16.5. The van der Waals surface area contributed by atoms with Gasteiger partial charge in [0.1, 0.15) is 16.5 Å². The molecule has 0 bridgehead atoms. The zero-order valence-corrected chi connectivity index (χ0v) is 18.1. The lowest BCUT2D eigenvalue weighted by molar-refractivity contribution is -0.116. The molecule has 29 heavy (non-hydrogen) atoms. The first-order chi connectivity index (χ1) is 13.9. The van der Waals surface area contributed by atoms with E-state index in [0.717, 1.165) is 21.8 Å². The number of aryl methyl sites for hydroxylation is 2. The standard InChI is InChI=1S/C22H22ClNO4S/c1-4-27-22(26)20-13(2)14(3)29-21(20)24-19(25)12-10-17-9-11-18(28-17)15-5-7-16(23)8-6-15/h5-9,11H,4,10,12H2,1-3H3,(H,24,25). The van der Waals surface area contributed by atoms with E-state index in [1.807, 2.05) is 38.1 Å². The molecule has 7 heteroatoms. The van der Waals surface area contributed by atoms with Gasteiger partial charge >= 0.3 is 5.97 Å². The molecule has 1 amide bonds. The Morgan fingerprint density at radius 1 is 1.14 bits per heavy atom. The van der Waals surface area contributed by atoms with Crippen molar-refractivity contribution >= 4 is 39.8 Å². The second-order valence-electron chi connectivity index (χ2n) is 6.53. The van der Waals surface area contributed by atoms with Gasteiger partial charge in [-0.3, -0.25) is 4.79 Å². The number of nitrogens with one attached hydrogen (secondary N) is 1. The smallest absolute Gasteiger partial charge is 0.341 e. The number of amides is 1. The lowest BCUT2D eigenvalue weighted by atomic mass is 10.1. The van der Waals surface area contributed by atoms with Crippen LogP contribution in [0, 0.1) is 13.8 Å². The van der Waals surface area contributed by atoms with Gasteiger partial charge in [-0.25, -0.2) is 4.79 Å². The normalized spacial score (nSPS) is 10.8. The maximum absolute atomic E-state index is 12.4. The van der Waals surface area contributed by atoms with Crippen molar-refractivity contribution in [1.82, 2.24) is 0 Å². The van der Waals surface area contributed by atoms with Gasteiger partial charge < -0.3 is 14.5 Å². The number of esters is 1. The summed E-state index contributed by atoms with van der Waals surface area (Å²) in [4.78, 5) is 25.6. The van der Waals surface area contributed by atoms with Crippen LogP contribution in [0.4, 0.5) is 5.00 Å². The third-order valence-corrected chi connectivity index (χ3v) is 5.88. The molecule has 152 valence electrons. The van der Waals surface area contributed by atoms with E-state index in [-0.39, 0.29) is 18.9 Å². The van der Waals surface area contributed by atoms with E-state index in [9.17, 15) is 9.59 Å². The second-order valence-corrected chi connectivity index (χ2v) is 8.19. The minimum absolute atomic E-state index is 0.179. The molecule has 0 atom stereocenters. The monoisotopic (exact) mass is 431 g/mol. The first kappa shape index (κ1) is 21.1. The molecule has 0 saturated heterocycles. The number of hydrogen-bond acceptors (Lipinski definition) is 5. The highest BCUT2D eigenvalue weighted by molar-refractivity contribution is 7.16. The van der Waals surface area contributed by atoms with Crippen LogP contribution in [-0.4, -0.2) is 18.5 Å². The Hall–Kier alpha value is -2.57. The van der Waals surface area contributed by atoms with Crippen molar-refractivity contribution in [3.63, 3.8) is 0 Å². The molecular weight excluding hydrogens is 410 g/mol. The zero-order chi connectivity index (χ0) is 21.0. The Morgan fingerprint density at radius 2 is 1.86 bits per heavy atom. The summed E-state index contributed by atoms with van der Waals surface area (Å²) < 4.78 is 11.0. The van der Waals surface area contributed by atoms with Gasteiger partial charge in [-0.05, 0) is 62.7 Å². The molecule has 1 aromatic carbocycles. The minimum Gasteiger partial charge on any atom is -0.462 e. The molecule has 0 aliphatic heterocycles. The number of ether oxygens (including phenoxy) is 1. The molecular formula is C22H22ClNO4S. The Morgan fingerprint density at radius 3 is 2.55 bits per heavy atom. The van der Waals surface area contributed by atoms with Gasteiger partial charge in [0.2, 0.25) is 5.91 Å². The summed E-state index contributed by atoms with van der Waals surface area (Å²) in [5.74, 6) is 0.852. The molecule has 0 radical (unpaired) electrons. The van der Waals surface area contributed by atoms with E-state index in [0.29, 0.717) is 27.8 Å². The average Bonchev–Trinajstić information content (AvgIpc) is 3.26. The fourth-order valence-electron chi connectivity index (χ4n) is 2.87. The highest BCUT2D eigenvalue weighted by Crippen LogP contribution is 2.33. The number of thiophene rings is 1. The number of benzene rings is 1. The third kappa shape index (κ3) is 5.08. The number of carbonyl (C=O) groups excluding carboxylic acids is 2. The number of halogens is 1. The molecule has 0 spiro atoms. The quantitative estimate of drug-likeness (QED) is 0.464. The molecule has 0 aliphatic carbocycles. The van der Waals surface area contributed by atoms with Crippen LogP contribution in [0.1, 0.15) is 39.9 Å².